The van der Waals surface area contributed by atoms with E-state index in [0.29, 0.717) is 13.0 Å². The molecule has 1 heterocycles. The molecule has 5 nitrogen and oxygen atoms in total. The summed E-state index contributed by atoms with van der Waals surface area (Å²) < 4.78 is 30.6. The topological polar surface area (TPSA) is 61.8 Å². The highest BCUT2D eigenvalue weighted by molar-refractivity contribution is 5.82. The van der Waals surface area contributed by atoms with E-state index in [1.54, 1.807) is 19.1 Å². The van der Waals surface area contributed by atoms with Crippen LogP contribution in [0.1, 0.15) is 6.42 Å². The number of hydrogen-bond donors (Lipinski definition) is 2. The number of methoxy groups -OCH3 is 1. The minimum Gasteiger partial charge on any atom is -0.390 e. The maximum atomic E-state index is 12.7. The molecule has 0 bridgehead atoms. The Morgan fingerprint density at radius 1 is 1.65 bits per heavy atom. The highest BCUT2D eigenvalue weighted by Gasteiger charge is 2.36. The van der Waals surface area contributed by atoms with E-state index in [2.05, 4.69) is 5.32 Å². The fraction of sp³-hybridized carbons (Fsp3) is 0.900. The average molecular weight is 252 g/mol. The number of likely N-dealkylation sites (tertiary alicyclic amines) is 1. The molecule has 2 atom stereocenters. The summed E-state index contributed by atoms with van der Waals surface area (Å²) in [6.07, 6.45) is 0.442. The predicted molar refractivity (Wildman–Crippen MR) is 56.9 cm³/mol. The number of amides is 1. The Hall–Kier alpha value is -0.790. The molecule has 0 spiro atoms. The molecule has 0 radical (unpaired) electrons. The number of aliphatic hydroxyl groups is 1. The van der Waals surface area contributed by atoms with E-state index < -0.39 is 31.0 Å². The zero-order valence-electron chi connectivity index (χ0n) is 9.95. The van der Waals surface area contributed by atoms with Crippen molar-refractivity contribution in [3.63, 3.8) is 0 Å². The first-order chi connectivity index (χ1) is 7.89. The molecule has 2 N–H and O–H groups in total. The minimum atomic E-state index is -3.27. The Balaban J connectivity index is 2.43. The summed E-state index contributed by atoms with van der Waals surface area (Å²) in [4.78, 5) is 13.4. The number of alkyl halides is 2. The Morgan fingerprint density at radius 3 is 2.76 bits per heavy atom. The van der Waals surface area contributed by atoms with Gasteiger partial charge in [-0.05, 0) is 13.5 Å². The van der Waals surface area contributed by atoms with Gasteiger partial charge in [0.25, 0.3) is 5.92 Å². The third-order valence-corrected chi connectivity index (χ3v) is 2.90. The smallest absolute Gasteiger partial charge is 0.287 e. The van der Waals surface area contributed by atoms with Gasteiger partial charge in [0.05, 0.1) is 18.7 Å². The first kappa shape index (κ1) is 14.3. The molecular formula is C10H18F2N2O3. The molecule has 1 amide bonds. The Kier molecular flexibility index (Phi) is 4.79. The molecule has 100 valence electrons. The molecule has 0 aromatic heterocycles. The van der Waals surface area contributed by atoms with Crippen molar-refractivity contribution in [1.82, 2.24) is 10.2 Å². The number of carbonyl (C=O) groups excluding carboxylic acids is 1. The summed E-state index contributed by atoms with van der Waals surface area (Å²) in [7, 11) is 3.30. The molecule has 7 heteroatoms. The van der Waals surface area contributed by atoms with Gasteiger partial charge < -0.3 is 15.2 Å². The summed E-state index contributed by atoms with van der Waals surface area (Å²) in [5, 5.41) is 10.5. The lowest BCUT2D eigenvalue weighted by atomic mass is 10.2. The highest BCUT2D eigenvalue weighted by Crippen LogP contribution is 2.18. The van der Waals surface area contributed by atoms with Crippen LogP contribution in [0.5, 0.6) is 0 Å². The van der Waals surface area contributed by atoms with Gasteiger partial charge in [-0.25, -0.2) is 8.78 Å². The van der Waals surface area contributed by atoms with Gasteiger partial charge in [-0.15, -0.1) is 0 Å². The number of ether oxygens (including phenoxy) is 1. The van der Waals surface area contributed by atoms with E-state index in [1.165, 1.54) is 0 Å². The van der Waals surface area contributed by atoms with Crippen LogP contribution in [0.4, 0.5) is 8.78 Å². The molecule has 1 aliphatic rings. The number of halogens is 2. The Bertz CT molecular complexity index is 276. The number of likely N-dealkylation sites (N-methyl/N-ethyl adjacent to an activating group) is 1. The van der Waals surface area contributed by atoms with Crippen molar-refractivity contribution in [2.75, 3.05) is 33.9 Å². The van der Waals surface area contributed by atoms with Gasteiger partial charge in [-0.3, -0.25) is 9.69 Å². The van der Waals surface area contributed by atoms with Crippen molar-refractivity contribution >= 4 is 5.91 Å². The van der Waals surface area contributed by atoms with Crippen LogP contribution in [0.25, 0.3) is 0 Å². The molecule has 1 rings (SSSR count). The van der Waals surface area contributed by atoms with Crippen molar-refractivity contribution in [3.8, 4) is 0 Å². The van der Waals surface area contributed by atoms with Crippen molar-refractivity contribution in [1.29, 1.82) is 0 Å². The van der Waals surface area contributed by atoms with Crippen LogP contribution in [-0.2, 0) is 9.53 Å². The van der Waals surface area contributed by atoms with Crippen LogP contribution in [-0.4, -0.2) is 67.8 Å². The van der Waals surface area contributed by atoms with Gasteiger partial charge in [-0.1, -0.05) is 0 Å². The standard InChI is InChI=1S/C10H18F2N2O3/c1-14-4-7(17-2)3-8(14)9(16)13-5-10(11,12)6-15/h7-8,15H,3-6H2,1-2H3,(H,13,16)/t7-,8-/m0/s1. The molecule has 0 saturated carbocycles. The van der Waals surface area contributed by atoms with Gasteiger partial charge in [-0.2, -0.15) is 0 Å². The largest absolute Gasteiger partial charge is 0.390 e. The third kappa shape index (κ3) is 3.86. The van der Waals surface area contributed by atoms with Crippen molar-refractivity contribution in [2.45, 2.75) is 24.5 Å². The van der Waals surface area contributed by atoms with Crippen LogP contribution in [0.15, 0.2) is 0 Å². The zero-order chi connectivity index (χ0) is 13.1. The highest BCUT2D eigenvalue weighted by atomic mass is 19.3. The molecule has 0 unspecified atom stereocenters. The van der Waals surface area contributed by atoms with E-state index in [9.17, 15) is 13.6 Å². The lowest BCUT2D eigenvalue weighted by Crippen LogP contribution is -2.46. The molecule has 1 saturated heterocycles. The Morgan fingerprint density at radius 2 is 2.29 bits per heavy atom. The number of rotatable bonds is 5. The van der Waals surface area contributed by atoms with Crippen molar-refractivity contribution in [3.05, 3.63) is 0 Å². The minimum absolute atomic E-state index is 0.0471. The fourth-order valence-corrected chi connectivity index (χ4v) is 1.82. The monoisotopic (exact) mass is 252 g/mol. The second-order valence-electron chi connectivity index (χ2n) is 4.28. The molecule has 1 aliphatic heterocycles. The second kappa shape index (κ2) is 5.70. The van der Waals surface area contributed by atoms with Gasteiger partial charge >= 0.3 is 0 Å². The van der Waals surface area contributed by atoms with Gasteiger partial charge in [0.2, 0.25) is 5.91 Å². The summed E-state index contributed by atoms with van der Waals surface area (Å²) in [6, 6.07) is -0.450. The molecule has 0 aromatic rings. The zero-order valence-corrected chi connectivity index (χ0v) is 9.95. The number of aliphatic hydroxyl groups excluding tert-OH is 1. The lowest BCUT2D eigenvalue weighted by Gasteiger charge is -2.20. The van der Waals surface area contributed by atoms with Crippen molar-refractivity contribution < 1.29 is 23.4 Å². The van der Waals surface area contributed by atoms with E-state index in [1.807, 2.05) is 0 Å². The summed E-state index contributed by atoms with van der Waals surface area (Å²) >= 11 is 0. The third-order valence-electron chi connectivity index (χ3n) is 2.90. The first-order valence-electron chi connectivity index (χ1n) is 5.39. The number of nitrogens with zero attached hydrogens (tertiary/aromatic N) is 1. The number of carbonyl (C=O) groups is 1. The predicted octanol–water partition coefficient (Wildman–Crippen LogP) is -0.551. The van der Waals surface area contributed by atoms with Crippen LogP contribution in [0.3, 0.4) is 0 Å². The molecule has 0 aliphatic carbocycles. The lowest BCUT2D eigenvalue weighted by molar-refractivity contribution is -0.128. The van der Waals surface area contributed by atoms with Crippen LogP contribution >= 0.6 is 0 Å². The van der Waals surface area contributed by atoms with Gasteiger partial charge in [0.1, 0.15) is 6.61 Å². The number of hydrogen-bond acceptors (Lipinski definition) is 4. The van der Waals surface area contributed by atoms with E-state index >= 15 is 0 Å². The van der Waals surface area contributed by atoms with E-state index in [0.717, 1.165) is 0 Å². The maximum Gasteiger partial charge on any atom is 0.287 e. The molecule has 1 fully saturated rings. The van der Waals surface area contributed by atoms with Crippen LogP contribution in [0.2, 0.25) is 0 Å². The molecule has 0 aromatic carbocycles. The maximum absolute atomic E-state index is 12.7. The number of nitrogens with one attached hydrogen (secondary N) is 1. The average Bonchev–Trinajstić information content (AvgIpc) is 2.68. The molecular weight excluding hydrogens is 234 g/mol. The van der Waals surface area contributed by atoms with E-state index in [-0.39, 0.29) is 6.10 Å². The molecule has 17 heavy (non-hydrogen) atoms. The first-order valence-corrected chi connectivity index (χ1v) is 5.39. The van der Waals surface area contributed by atoms with Crippen molar-refractivity contribution in [2.24, 2.45) is 0 Å². The summed E-state index contributed by atoms with van der Waals surface area (Å²) in [5.41, 5.74) is 0. The van der Waals surface area contributed by atoms with E-state index in [4.69, 9.17) is 9.84 Å². The normalized spacial score (nSPS) is 26.2. The van der Waals surface area contributed by atoms with Gasteiger partial charge in [0, 0.05) is 13.7 Å². The van der Waals surface area contributed by atoms with Crippen LogP contribution < -0.4 is 5.32 Å². The summed E-state index contributed by atoms with van der Waals surface area (Å²) in [6.45, 7) is -1.51. The summed E-state index contributed by atoms with van der Waals surface area (Å²) in [5.74, 6) is -3.73. The SMILES string of the molecule is CO[C@H]1C[C@@H](C(=O)NCC(F)(F)CO)N(C)C1. The quantitative estimate of drug-likeness (QED) is 0.689. The second-order valence-corrected chi connectivity index (χ2v) is 4.28. The van der Waals surface area contributed by atoms with Gasteiger partial charge in [0.15, 0.2) is 0 Å². The van der Waals surface area contributed by atoms with Crippen LogP contribution in [0, 0.1) is 0 Å². The fourth-order valence-electron chi connectivity index (χ4n) is 1.82. The Labute approximate surface area is 98.7 Å².